The van der Waals surface area contributed by atoms with Crippen LogP contribution in [0.15, 0.2) is 90.4 Å². The number of hydrogen-bond donors (Lipinski definition) is 0. The van der Waals surface area contributed by atoms with Gasteiger partial charge in [-0.3, -0.25) is 14.2 Å². The van der Waals surface area contributed by atoms with Crippen molar-refractivity contribution in [2.24, 2.45) is 0 Å². The lowest BCUT2D eigenvalue weighted by molar-refractivity contribution is 0.0503. The van der Waals surface area contributed by atoms with E-state index in [4.69, 9.17) is 18.9 Å². The number of methoxy groups -OCH3 is 2. The number of rotatable bonds is 15. The fourth-order valence-electron chi connectivity index (χ4n) is 4.83. The van der Waals surface area contributed by atoms with Crippen LogP contribution in [0.25, 0.3) is 11.4 Å². The van der Waals surface area contributed by atoms with Gasteiger partial charge in [-0.15, -0.1) is 0 Å². The number of ketones is 1. The Hall–Kier alpha value is -5.96. The van der Waals surface area contributed by atoms with E-state index in [0.29, 0.717) is 47.7 Å². The molecule has 0 radical (unpaired) electrons. The van der Waals surface area contributed by atoms with Gasteiger partial charge in [0.05, 0.1) is 46.2 Å². The molecule has 5 aromatic rings. The second-order valence-corrected chi connectivity index (χ2v) is 12.1. The highest BCUT2D eigenvalue weighted by Crippen LogP contribution is 2.22. The second kappa shape index (κ2) is 19.6. The van der Waals surface area contributed by atoms with Crippen molar-refractivity contribution >= 4 is 29.5 Å². The number of allylic oxidation sites excluding steroid dienone is 1. The Balaban J connectivity index is 0.000000237. The van der Waals surface area contributed by atoms with Crippen LogP contribution in [-0.2, 0) is 22.6 Å². The molecule has 0 N–H and O–H groups in total. The van der Waals surface area contributed by atoms with Crippen molar-refractivity contribution in [1.82, 2.24) is 34.4 Å². The summed E-state index contributed by atoms with van der Waals surface area (Å²) in [7, 11) is 6.84. The van der Waals surface area contributed by atoms with Gasteiger partial charge in [0, 0.05) is 44.7 Å². The molecule has 0 spiro atoms. The molecule has 0 fully saturated rings. The van der Waals surface area contributed by atoms with Crippen molar-refractivity contribution in [3.8, 4) is 22.9 Å². The van der Waals surface area contributed by atoms with Crippen LogP contribution < -0.4 is 9.47 Å². The van der Waals surface area contributed by atoms with Gasteiger partial charge in [0.15, 0.2) is 5.16 Å². The molecule has 5 rings (SSSR count). The van der Waals surface area contributed by atoms with Gasteiger partial charge in [-0.2, -0.15) is 10.2 Å². The van der Waals surface area contributed by atoms with E-state index < -0.39 is 11.9 Å². The Bertz CT molecular complexity index is 2040. The maximum Gasteiger partial charge on any atom is 0.356 e. The molecule has 278 valence electrons. The van der Waals surface area contributed by atoms with Gasteiger partial charge in [0.25, 0.3) is 0 Å². The topological polar surface area (TPSA) is 153 Å². The Kier molecular flexibility index (Phi) is 14.7. The molecular weight excluding hydrogens is 699 g/mol. The summed E-state index contributed by atoms with van der Waals surface area (Å²) in [6.45, 7) is 4.76. The zero-order chi connectivity index (χ0) is 38.3. The molecule has 14 nitrogen and oxygen atoms in total. The first-order chi connectivity index (χ1) is 25.6. The SMILES string of the molecule is CCOC(=O)c1cc(-c2ccnc(SC)n2)nn1Cc1cccc(OC)c1.CCOC(=O)c1cc(C(=O)/C=C/N(C)C)nn1Cc1cccc(OC)c1. The van der Waals surface area contributed by atoms with Gasteiger partial charge >= 0.3 is 11.9 Å². The highest BCUT2D eigenvalue weighted by Gasteiger charge is 2.21. The van der Waals surface area contributed by atoms with Crippen LogP contribution >= 0.6 is 11.8 Å². The predicted molar refractivity (Wildman–Crippen MR) is 201 cm³/mol. The van der Waals surface area contributed by atoms with E-state index in [1.807, 2.05) is 68.9 Å². The third-order valence-corrected chi connectivity index (χ3v) is 7.88. The number of esters is 2. The summed E-state index contributed by atoms with van der Waals surface area (Å²) < 4.78 is 23.9. The first-order valence-electron chi connectivity index (χ1n) is 16.6. The number of aromatic nitrogens is 6. The van der Waals surface area contributed by atoms with Crippen molar-refractivity contribution in [2.45, 2.75) is 32.1 Å². The van der Waals surface area contributed by atoms with Crippen LogP contribution in [-0.4, -0.2) is 99.9 Å². The zero-order valence-electron chi connectivity index (χ0n) is 30.8. The van der Waals surface area contributed by atoms with E-state index in [0.717, 1.165) is 16.9 Å². The minimum Gasteiger partial charge on any atom is -0.497 e. The lowest BCUT2D eigenvalue weighted by Gasteiger charge is -2.08. The van der Waals surface area contributed by atoms with Gasteiger partial charge in [-0.05, 0) is 61.6 Å². The summed E-state index contributed by atoms with van der Waals surface area (Å²) in [5.74, 6) is 0.237. The van der Waals surface area contributed by atoms with Crippen molar-refractivity contribution in [1.29, 1.82) is 0 Å². The fraction of sp³-hybridized carbons (Fsp3) is 0.289. The Morgan fingerprint density at radius 3 is 1.87 bits per heavy atom. The number of carbonyl (C=O) groups is 3. The van der Waals surface area contributed by atoms with E-state index in [1.54, 1.807) is 62.2 Å². The van der Waals surface area contributed by atoms with Crippen molar-refractivity contribution < 1.29 is 33.3 Å². The lowest BCUT2D eigenvalue weighted by atomic mass is 10.2. The number of benzene rings is 2. The Morgan fingerprint density at radius 2 is 1.34 bits per heavy atom. The van der Waals surface area contributed by atoms with E-state index >= 15 is 0 Å². The zero-order valence-corrected chi connectivity index (χ0v) is 31.6. The molecule has 0 saturated heterocycles. The molecule has 53 heavy (non-hydrogen) atoms. The summed E-state index contributed by atoms with van der Waals surface area (Å²) in [5, 5.41) is 9.53. The molecule has 0 aliphatic rings. The molecule has 0 amide bonds. The third kappa shape index (κ3) is 11.3. The second-order valence-electron chi connectivity index (χ2n) is 11.4. The van der Waals surface area contributed by atoms with Gasteiger partial charge in [-0.25, -0.2) is 19.6 Å². The molecule has 0 aliphatic heterocycles. The number of hydrogen-bond acceptors (Lipinski definition) is 13. The first kappa shape index (κ1) is 39.8. The average Bonchev–Trinajstić information content (AvgIpc) is 3.79. The van der Waals surface area contributed by atoms with E-state index in [1.165, 1.54) is 28.6 Å². The maximum absolute atomic E-state index is 12.4. The van der Waals surface area contributed by atoms with Crippen molar-refractivity contribution in [2.75, 3.05) is 47.8 Å². The monoisotopic (exact) mass is 741 g/mol. The van der Waals surface area contributed by atoms with E-state index in [2.05, 4.69) is 20.2 Å². The molecule has 2 aromatic carbocycles. The summed E-state index contributed by atoms with van der Waals surface area (Å²) >= 11 is 1.45. The van der Waals surface area contributed by atoms with Gasteiger partial charge in [-0.1, -0.05) is 36.0 Å². The molecule has 15 heteroatoms. The molecule has 0 aliphatic carbocycles. The minimum absolute atomic E-state index is 0.189. The molecule has 0 unspecified atom stereocenters. The normalized spacial score (nSPS) is 10.7. The summed E-state index contributed by atoms with van der Waals surface area (Å²) in [5.41, 5.74) is 3.90. The summed E-state index contributed by atoms with van der Waals surface area (Å²) in [4.78, 5) is 47.3. The van der Waals surface area contributed by atoms with Crippen LogP contribution in [0, 0.1) is 0 Å². The molecular formula is C38H43N7O7S. The smallest absolute Gasteiger partial charge is 0.356 e. The van der Waals surface area contributed by atoms with Gasteiger partial charge in [0.1, 0.15) is 34.3 Å². The van der Waals surface area contributed by atoms with Crippen LogP contribution in [0.3, 0.4) is 0 Å². The van der Waals surface area contributed by atoms with Gasteiger partial charge in [0.2, 0.25) is 5.78 Å². The fourth-order valence-corrected chi connectivity index (χ4v) is 5.19. The largest absolute Gasteiger partial charge is 0.497 e. The van der Waals surface area contributed by atoms with Crippen LogP contribution in [0.5, 0.6) is 11.5 Å². The number of thioether (sulfide) groups is 1. The first-order valence-corrected chi connectivity index (χ1v) is 17.8. The molecule has 0 atom stereocenters. The highest BCUT2D eigenvalue weighted by molar-refractivity contribution is 7.98. The summed E-state index contributed by atoms with van der Waals surface area (Å²) in [6.07, 6.45) is 6.63. The van der Waals surface area contributed by atoms with E-state index in [-0.39, 0.29) is 23.8 Å². The molecule has 0 saturated carbocycles. The Morgan fingerprint density at radius 1 is 0.774 bits per heavy atom. The van der Waals surface area contributed by atoms with Crippen LogP contribution in [0.2, 0.25) is 0 Å². The van der Waals surface area contributed by atoms with Crippen LogP contribution in [0.4, 0.5) is 0 Å². The quantitative estimate of drug-likeness (QED) is 0.0426. The van der Waals surface area contributed by atoms with Crippen molar-refractivity contribution in [3.05, 3.63) is 113 Å². The molecule has 0 bridgehead atoms. The number of nitrogens with zero attached hydrogens (tertiary/aromatic N) is 7. The molecule has 3 aromatic heterocycles. The average molecular weight is 742 g/mol. The highest BCUT2D eigenvalue weighted by atomic mass is 32.2. The summed E-state index contributed by atoms with van der Waals surface area (Å²) in [6, 6.07) is 20.0. The van der Waals surface area contributed by atoms with Crippen LogP contribution in [0.1, 0.15) is 56.4 Å². The predicted octanol–water partition coefficient (Wildman–Crippen LogP) is 5.67. The van der Waals surface area contributed by atoms with Crippen molar-refractivity contribution in [3.63, 3.8) is 0 Å². The molecule has 3 heterocycles. The third-order valence-electron chi connectivity index (χ3n) is 7.32. The minimum atomic E-state index is -0.515. The van der Waals surface area contributed by atoms with E-state index in [9.17, 15) is 14.4 Å². The van der Waals surface area contributed by atoms with Gasteiger partial charge < -0.3 is 23.8 Å². The maximum atomic E-state index is 12.4. The number of carbonyl (C=O) groups excluding carboxylic acids is 3. The standard InChI is InChI=1S/C19H20N4O3S.C19H23N3O4/c1-4-26-18(24)17-11-16(15-8-9-20-19(21-15)27-3)22-23(17)12-13-6-5-7-14(10-13)25-2;1-5-26-19(24)17-12-16(18(23)9-10-21(2)3)20-22(17)13-14-7-6-8-15(11-14)25-4/h5-11H,4,12H2,1-3H3;6-12H,5,13H2,1-4H3/b;10-9+. The Labute approximate surface area is 312 Å². The number of ether oxygens (including phenoxy) is 4. The lowest BCUT2D eigenvalue weighted by Crippen LogP contribution is -2.14.